The highest BCUT2D eigenvalue weighted by Gasteiger charge is 2.37. The van der Waals surface area contributed by atoms with Gasteiger partial charge in [-0.1, -0.05) is 111 Å². The summed E-state index contributed by atoms with van der Waals surface area (Å²) >= 11 is 0. The standard InChI is InChI=1S/C35H33N/c1-4-33-31(32-23-20-29(25-34(32)35(33,2)3)27-15-10-7-11-16-27)17-12-24-36-30-21-18-28(19-22-30)26-13-8-5-6-9-14-26/h4-8,10-25,36H,9H2,1-3H3/b24-12+,31-17-,33-4?. The molecule has 0 spiro atoms. The van der Waals surface area contributed by atoms with Crippen LogP contribution in [0.3, 0.4) is 0 Å². The molecule has 0 radical (unpaired) electrons. The Bertz CT molecular complexity index is 1420. The topological polar surface area (TPSA) is 12.0 Å². The first kappa shape index (κ1) is 23.6. The Kier molecular flexibility index (Phi) is 6.73. The highest BCUT2D eigenvalue weighted by Crippen LogP contribution is 2.50. The fourth-order valence-electron chi connectivity index (χ4n) is 5.27. The molecule has 0 bridgehead atoms. The van der Waals surface area contributed by atoms with Crippen molar-refractivity contribution in [3.8, 4) is 11.1 Å². The Morgan fingerprint density at radius 1 is 0.833 bits per heavy atom. The lowest BCUT2D eigenvalue weighted by molar-refractivity contribution is 0.660. The molecule has 0 fully saturated rings. The van der Waals surface area contributed by atoms with Gasteiger partial charge in [-0.2, -0.15) is 0 Å². The summed E-state index contributed by atoms with van der Waals surface area (Å²) in [5.41, 5.74) is 11.5. The fourth-order valence-corrected chi connectivity index (χ4v) is 5.27. The van der Waals surface area contributed by atoms with Crippen LogP contribution in [-0.4, -0.2) is 0 Å². The number of rotatable bonds is 5. The summed E-state index contributed by atoms with van der Waals surface area (Å²) in [6.45, 7) is 6.80. The smallest absolute Gasteiger partial charge is 0.0380 e. The molecule has 3 aromatic rings. The van der Waals surface area contributed by atoms with Gasteiger partial charge in [0.05, 0.1) is 0 Å². The third-order valence-electron chi connectivity index (χ3n) is 7.17. The Hall–Kier alpha value is -4.10. The number of benzene rings is 3. The van der Waals surface area contributed by atoms with Gasteiger partial charge in [-0.3, -0.25) is 0 Å². The molecule has 0 atom stereocenters. The second-order valence-electron chi connectivity index (χ2n) is 9.80. The maximum atomic E-state index is 3.42. The minimum atomic E-state index is -0.0333. The molecule has 1 nitrogen and oxygen atoms in total. The van der Waals surface area contributed by atoms with E-state index in [9.17, 15) is 0 Å². The maximum absolute atomic E-state index is 3.42. The molecule has 3 aromatic carbocycles. The van der Waals surface area contributed by atoms with Crippen LogP contribution in [0.2, 0.25) is 0 Å². The van der Waals surface area contributed by atoms with Gasteiger partial charge >= 0.3 is 0 Å². The summed E-state index contributed by atoms with van der Waals surface area (Å²) in [7, 11) is 0. The van der Waals surface area contributed by atoms with Crippen LogP contribution in [0.25, 0.3) is 22.3 Å². The number of nitrogens with one attached hydrogen (secondary N) is 1. The predicted octanol–water partition coefficient (Wildman–Crippen LogP) is 9.50. The summed E-state index contributed by atoms with van der Waals surface area (Å²) in [5, 5.41) is 3.42. The van der Waals surface area contributed by atoms with E-state index in [2.05, 4.69) is 147 Å². The van der Waals surface area contributed by atoms with E-state index in [1.54, 1.807) is 0 Å². The van der Waals surface area contributed by atoms with Crippen molar-refractivity contribution in [3.63, 3.8) is 0 Å². The van der Waals surface area contributed by atoms with Crippen molar-refractivity contribution in [2.75, 3.05) is 5.32 Å². The van der Waals surface area contributed by atoms with Gasteiger partial charge in [0.1, 0.15) is 0 Å². The summed E-state index contributed by atoms with van der Waals surface area (Å²) < 4.78 is 0. The molecule has 1 heteroatoms. The number of hydrogen-bond donors (Lipinski definition) is 1. The number of fused-ring (bicyclic) bond motifs is 1. The van der Waals surface area contributed by atoms with Crippen LogP contribution < -0.4 is 5.32 Å². The molecule has 0 aliphatic heterocycles. The molecular weight excluding hydrogens is 434 g/mol. The van der Waals surface area contributed by atoms with Gasteiger partial charge in [-0.15, -0.1) is 0 Å². The van der Waals surface area contributed by atoms with E-state index in [-0.39, 0.29) is 5.41 Å². The molecule has 2 aliphatic carbocycles. The van der Waals surface area contributed by atoms with Gasteiger partial charge in [0.2, 0.25) is 0 Å². The lowest BCUT2D eigenvalue weighted by atomic mass is 9.81. The van der Waals surface area contributed by atoms with Crippen LogP contribution in [0.1, 0.15) is 43.9 Å². The molecule has 0 amide bonds. The SMILES string of the molecule is CC=C1/C(=C\C=C\Nc2ccc(C3=CCC=CC=C3)cc2)c2ccc(-c3ccccc3)cc2C1(C)C. The Morgan fingerprint density at radius 3 is 2.39 bits per heavy atom. The molecule has 0 heterocycles. The van der Waals surface area contributed by atoms with Gasteiger partial charge in [0.15, 0.2) is 0 Å². The second kappa shape index (κ2) is 10.3. The first-order valence-electron chi connectivity index (χ1n) is 12.7. The quantitative estimate of drug-likeness (QED) is 0.394. The van der Waals surface area contributed by atoms with E-state index in [1.165, 1.54) is 44.5 Å². The van der Waals surface area contributed by atoms with Gasteiger partial charge in [-0.05, 0) is 82.2 Å². The summed E-state index contributed by atoms with van der Waals surface area (Å²) in [6.07, 6.45) is 20.4. The van der Waals surface area contributed by atoms with Crippen LogP contribution in [0, 0.1) is 0 Å². The van der Waals surface area contributed by atoms with E-state index in [0.717, 1.165) is 12.1 Å². The Balaban J connectivity index is 1.36. The molecular formula is C35H33N. The van der Waals surface area contributed by atoms with Gasteiger partial charge in [0, 0.05) is 17.3 Å². The van der Waals surface area contributed by atoms with Crippen LogP contribution in [-0.2, 0) is 5.41 Å². The monoisotopic (exact) mass is 467 g/mol. The predicted molar refractivity (Wildman–Crippen MR) is 157 cm³/mol. The number of anilines is 1. The third-order valence-corrected chi connectivity index (χ3v) is 7.17. The Labute approximate surface area is 215 Å². The molecule has 178 valence electrons. The zero-order chi connectivity index (χ0) is 25.0. The van der Waals surface area contributed by atoms with Crippen molar-refractivity contribution in [3.05, 3.63) is 150 Å². The number of hydrogen-bond acceptors (Lipinski definition) is 1. The highest BCUT2D eigenvalue weighted by molar-refractivity contribution is 5.91. The van der Waals surface area contributed by atoms with Crippen LogP contribution >= 0.6 is 0 Å². The van der Waals surface area contributed by atoms with E-state index in [4.69, 9.17) is 0 Å². The van der Waals surface area contributed by atoms with Crippen molar-refractivity contribution in [2.24, 2.45) is 0 Å². The third kappa shape index (κ3) is 4.70. The fraction of sp³-hybridized carbons (Fsp3) is 0.143. The second-order valence-corrected chi connectivity index (χ2v) is 9.80. The van der Waals surface area contributed by atoms with Gasteiger partial charge in [-0.25, -0.2) is 0 Å². The van der Waals surface area contributed by atoms with Crippen LogP contribution in [0.4, 0.5) is 5.69 Å². The number of allylic oxidation sites excluding steroid dienone is 11. The Morgan fingerprint density at radius 2 is 1.61 bits per heavy atom. The van der Waals surface area contributed by atoms with Crippen molar-refractivity contribution in [1.29, 1.82) is 0 Å². The summed E-state index contributed by atoms with van der Waals surface area (Å²) in [5.74, 6) is 0. The summed E-state index contributed by atoms with van der Waals surface area (Å²) in [4.78, 5) is 0. The lowest BCUT2D eigenvalue weighted by Crippen LogP contribution is -2.15. The normalized spacial score (nSPS) is 18.5. The molecule has 0 aromatic heterocycles. The van der Waals surface area contributed by atoms with Gasteiger partial charge < -0.3 is 5.32 Å². The average Bonchev–Trinajstić information content (AvgIpc) is 3.08. The molecule has 0 unspecified atom stereocenters. The largest absolute Gasteiger partial charge is 0.362 e. The van der Waals surface area contributed by atoms with Crippen molar-refractivity contribution >= 4 is 16.8 Å². The summed E-state index contributed by atoms with van der Waals surface area (Å²) in [6, 6.07) is 26.2. The minimum absolute atomic E-state index is 0.0333. The minimum Gasteiger partial charge on any atom is -0.362 e. The van der Waals surface area contributed by atoms with Crippen molar-refractivity contribution in [2.45, 2.75) is 32.6 Å². The molecule has 0 saturated heterocycles. The molecule has 1 N–H and O–H groups in total. The molecule has 5 rings (SSSR count). The first-order valence-corrected chi connectivity index (χ1v) is 12.7. The molecule has 36 heavy (non-hydrogen) atoms. The van der Waals surface area contributed by atoms with Crippen LogP contribution in [0.5, 0.6) is 0 Å². The highest BCUT2D eigenvalue weighted by atomic mass is 14.8. The van der Waals surface area contributed by atoms with Gasteiger partial charge in [0.25, 0.3) is 0 Å². The van der Waals surface area contributed by atoms with Crippen molar-refractivity contribution < 1.29 is 0 Å². The van der Waals surface area contributed by atoms with Crippen LogP contribution in [0.15, 0.2) is 133 Å². The first-order chi connectivity index (χ1) is 17.6. The van der Waals surface area contributed by atoms with E-state index >= 15 is 0 Å². The zero-order valence-electron chi connectivity index (χ0n) is 21.3. The van der Waals surface area contributed by atoms with E-state index < -0.39 is 0 Å². The maximum Gasteiger partial charge on any atom is 0.0380 e. The zero-order valence-corrected chi connectivity index (χ0v) is 21.3. The lowest BCUT2D eigenvalue weighted by Gasteiger charge is -2.22. The van der Waals surface area contributed by atoms with Crippen molar-refractivity contribution in [1.82, 2.24) is 0 Å². The molecule has 2 aliphatic rings. The average molecular weight is 468 g/mol. The molecule has 0 saturated carbocycles. The van der Waals surface area contributed by atoms with E-state index in [1.807, 2.05) is 6.20 Å². The van der Waals surface area contributed by atoms with E-state index in [0.29, 0.717) is 0 Å².